The predicted molar refractivity (Wildman–Crippen MR) is 86.5 cm³/mol. The van der Waals surface area contributed by atoms with Crippen LogP contribution in [0.3, 0.4) is 0 Å². The van der Waals surface area contributed by atoms with Gasteiger partial charge in [-0.1, -0.05) is 56.6 Å². The molecule has 0 spiro atoms. The van der Waals surface area contributed by atoms with Crippen molar-refractivity contribution in [1.29, 1.82) is 5.41 Å². The van der Waals surface area contributed by atoms with E-state index in [1.807, 2.05) is 32.9 Å². The van der Waals surface area contributed by atoms with Crippen molar-refractivity contribution < 1.29 is 0 Å². The first-order chi connectivity index (χ1) is 9.02. The van der Waals surface area contributed by atoms with E-state index in [1.165, 1.54) is 0 Å². The van der Waals surface area contributed by atoms with Gasteiger partial charge < -0.3 is 5.41 Å². The zero-order valence-corrected chi connectivity index (χ0v) is 12.6. The predicted octanol–water partition coefficient (Wildman–Crippen LogP) is 5.22. The van der Waals surface area contributed by atoms with Gasteiger partial charge in [-0.15, -0.1) is 0 Å². The topological polar surface area (TPSA) is 23.9 Å². The molecule has 19 heavy (non-hydrogen) atoms. The maximum absolute atomic E-state index is 7.98. The lowest BCUT2D eigenvalue weighted by Gasteiger charge is -2.06. The average molecular weight is 255 g/mol. The fourth-order valence-electron chi connectivity index (χ4n) is 1.48. The molecule has 0 rings (SSSR count). The lowest BCUT2D eigenvalue weighted by molar-refractivity contribution is 1.16. The van der Waals surface area contributed by atoms with Gasteiger partial charge in [-0.25, -0.2) is 0 Å². The highest BCUT2D eigenvalue weighted by Crippen LogP contribution is 2.11. The van der Waals surface area contributed by atoms with E-state index >= 15 is 0 Å². The summed E-state index contributed by atoms with van der Waals surface area (Å²) in [7, 11) is 0. The van der Waals surface area contributed by atoms with Crippen molar-refractivity contribution in [2.24, 2.45) is 0 Å². The minimum atomic E-state index is 0.554. The Morgan fingerprint density at radius 1 is 1.26 bits per heavy atom. The first kappa shape index (κ1) is 17.2. The Labute approximate surface area is 118 Å². The Morgan fingerprint density at radius 3 is 2.47 bits per heavy atom. The van der Waals surface area contributed by atoms with Gasteiger partial charge in [0.05, 0.1) is 5.71 Å². The molecular weight excluding hydrogens is 230 g/mol. The molecule has 102 valence electrons. The number of rotatable bonds is 6. The molecule has 0 atom stereocenters. The van der Waals surface area contributed by atoms with Crippen LogP contribution in [0.15, 0.2) is 47.6 Å². The first-order valence-electron chi connectivity index (χ1n) is 6.79. The number of hydrogen-bond donors (Lipinski definition) is 1. The summed E-state index contributed by atoms with van der Waals surface area (Å²) >= 11 is 0. The van der Waals surface area contributed by atoms with E-state index in [0.717, 1.165) is 36.0 Å². The molecule has 0 radical (unpaired) electrons. The van der Waals surface area contributed by atoms with Gasteiger partial charge in [-0.2, -0.15) is 0 Å². The van der Waals surface area contributed by atoms with Gasteiger partial charge in [0, 0.05) is 6.42 Å². The second kappa shape index (κ2) is 10.1. The van der Waals surface area contributed by atoms with Crippen LogP contribution >= 0.6 is 0 Å². The Bertz CT molecular complexity index is 462. The van der Waals surface area contributed by atoms with Crippen molar-refractivity contribution in [1.82, 2.24) is 0 Å². The zero-order chi connectivity index (χ0) is 14.7. The smallest absolute Gasteiger partial charge is 0.0595 e. The molecular formula is C18H25N. The largest absolute Gasteiger partial charge is 0.300 e. The highest BCUT2D eigenvalue weighted by molar-refractivity contribution is 6.09. The van der Waals surface area contributed by atoms with Crippen LogP contribution in [0, 0.1) is 17.3 Å². The molecule has 1 heteroatoms. The molecule has 0 aromatic rings. The van der Waals surface area contributed by atoms with E-state index in [4.69, 9.17) is 5.41 Å². The Morgan fingerprint density at radius 2 is 1.95 bits per heavy atom. The summed E-state index contributed by atoms with van der Waals surface area (Å²) in [6.45, 7) is 11.8. The van der Waals surface area contributed by atoms with Crippen LogP contribution < -0.4 is 0 Å². The summed E-state index contributed by atoms with van der Waals surface area (Å²) < 4.78 is 0. The van der Waals surface area contributed by atoms with Crippen LogP contribution in [0.2, 0.25) is 0 Å². The van der Waals surface area contributed by atoms with Gasteiger partial charge in [-0.05, 0) is 43.4 Å². The van der Waals surface area contributed by atoms with Gasteiger partial charge in [-0.3, -0.25) is 0 Å². The molecule has 0 aliphatic heterocycles. The highest BCUT2D eigenvalue weighted by Gasteiger charge is 2.02. The molecule has 0 aliphatic rings. The second-order valence-electron chi connectivity index (χ2n) is 4.43. The van der Waals surface area contributed by atoms with Gasteiger partial charge in [0.1, 0.15) is 0 Å². The summed E-state index contributed by atoms with van der Waals surface area (Å²) in [5, 5.41) is 7.98. The van der Waals surface area contributed by atoms with Crippen molar-refractivity contribution in [2.75, 3.05) is 0 Å². The van der Waals surface area contributed by atoms with Crippen LogP contribution in [-0.4, -0.2) is 5.71 Å². The molecule has 0 fully saturated rings. The SMILES string of the molecule is C=C(C)C(=N)/C(=C\CC)CC=CC=C(C)C#CCC. The summed E-state index contributed by atoms with van der Waals surface area (Å²) in [6.07, 6.45) is 10.8. The summed E-state index contributed by atoms with van der Waals surface area (Å²) in [5.41, 5.74) is 3.47. The molecule has 0 aromatic heterocycles. The zero-order valence-electron chi connectivity index (χ0n) is 12.6. The van der Waals surface area contributed by atoms with E-state index in [9.17, 15) is 0 Å². The quantitative estimate of drug-likeness (QED) is 0.382. The molecule has 0 unspecified atom stereocenters. The van der Waals surface area contributed by atoms with Crippen molar-refractivity contribution >= 4 is 5.71 Å². The lowest BCUT2D eigenvalue weighted by Crippen LogP contribution is -2.01. The highest BCUT2D eigenvalue weighted by atomic mass is 14.4. The van der Waals surface area contributed by atoms with Crippen LogP contribution in [0.25, 0.3) is 0 Å². The lowest BCUT2D eigenvalue weighted by atomic mass is 10.0. The van der Waals surface area contributed by atoms with E-state index in [-0.39, 0.29) is 0 Å². The van der Waals surface area contributed by atoms with E-state index in [0.29, 0.717) is 5.71 Å². The molecule has 1 N–H and O–H groups in total. The summed E-state index contributed by atoms with van der Waals surface area (Å²) in [6, 6.07) is 0. The van der Waals surface area contributed by atoms with Crippen molar-refractivity contribution in [3.05, 3.63) is 47.6 Å². The standard InChI is InChI=1S/C18H25N/c1-6-8-12-16(5)13-9-10-14-17(11-7-2)18(19)15(3)4/h9-11,13,19H,3,6-7,14H2,1-2,4-5H3/b10-9?,16-13?,17-11-,19-18?. The van der Waals surface area contributed by atoms with E-state index in [2.05, 4.69) is 37.5 Å². The van der Waals surface area contributed by atoms with Gasteiger partial charge in [0.25, 0.3) is 0 Å². The van der Waals surface area contributed by atoms with Crippen LogP contribution in [0.4, 0.5) is 0 Å². The molecule has 0 aliphatic carbocycles. The van der Waals surface area contributed by atoms with Gasteiger partial charge in [0.15, 0.2) is 0 Å². The third-order valence-corrected chi connectivity index (χ3v) is 2.48. The molecule has 0 bridgehead atoms. The fourth-order valence-corrected chi connectivity index (χ4v) is 1.48. The van der Waals surface area contributed by atoms with Crippen LogP contribution in [0.5, 0.6) is 0 Å². The third-order valence-electron chi connectivity index (χ3n) is 2.48. The number of allylic oxidation sites excluding steroid dienone is 7. The molecule has 0 aromatic carbocycles. The molecule has 0 heterocycles. The maximum atomic E-state index is 7.98. The monoisotopic (exact) mass is 255 g/mol. The molecule has 0 saturated carbocycles. The Hall–Kier alpha value is -1.81. The van der Waals surface area contributed by atoms with Gasteiger partial charge in [0.2, 0.25) is 0 Å². The molecule has 0 saturated heterocycles. The fraction of sp³-hybridized carbons (Fsp3) is 0.389. The third kappa shape index (κ3) is 8.00. The minimum absolute atomic E-state index is 0.554. The van der Waals surface area contributed by atoms with E-state index < -0.39 is 0 Å². The molecule has 1 nitrogen and oxygen atoms in total. The maximum Gasteiger partial charge on any atom is 0.0595 e. The van der Waals surface area contributed by atoms with Crippen molar-refractivity contribution in [3.8, 4) is 11.8 Å². The number of nitrogens with one attached hydrogen (secondary N) is 1. The van der Waals surface area contributed by atoms with Crippen molar-refractivity contribution in [2.45, 2.75) is 47.0 Å². The van der Waals surface area contributed by atoms with E-state index in [1.54, 1.807) is 0 Å². The minimum Gasteiger partial charge on any atom is -0.300 e. The Balaban J connectivity index is 4.62. The summed E-state index contributed by atoms with van der Waals surface area (Å²) in [4.78, 5) is 0. The summed E-state index contributed by atoms with van der Waals surface area (Å²) in [5.74, 6) is 6.12. The van der Waals surface area contributed by atoms with Gasteiger partial charge >= 0.3 is 0 Å². The second-order valence-corrected chi connectivity index (χ2v) is 4.43. The number of hydrogen-bond acceptors (Lipinski definition) is 1. The van der Waals surface area contributed by atoms with Crippen LogP contribution in [-0.2, 0) is 0 Å². The van der Waals surface area contributed by atoms with Crippen LogP contribution in [0.1, 0.15) is 47.0 Å². The van der Waals surface area contributed by atoms with Crippen molar-refractivity contribution in [3.63, 3.8) is 0 Å². The Kier molecular flexibility index (Phi) is 9.18. The average Bonchev–Trinajstić information content (AvgIpc) is 2.38. The first-order valence-corrected chi connectivity index (χ1v) is 6.79. The molecule has 0 amide bonds. The normalized spacial score (nSPS) is 12.2.